The zero-order chi connectivity index (χ0) is 15.0. The molecule has 0 spiro atoms. The van der Waals surface area contributed by atoms with Crippen molar-refractivity contribution < 1.29 is 25.2 Å². The van der Waals surface area contributed by atoms with Gasteiger partial charge in [-0.15, -0.1) is 11.8 Å². The van der Waals surface area contributed by atoms with Gasteiger partial charge in [-0.3, -0.25) is 0 Å². The number of hydrogen-bond acceptors (Lipinski definition) is 6. The number of aliphatic hydroxyl groups excluding tert-OH is 4. The molecule has 5 nitrogen and oxygen atoms in total. The number of ether oxygens (including phenoxy) is 1. The van der Waals surface area contributed by atoms with Crippen molar-refractivity contribution in [2.24, 2.45) is 0 Å². The smallest absolute Gasteiger partial charge is 0.132 e. The van der Waals surface area contributed by atoms with Crippen LogP contribution in [0.3, 0.4) is 0 Å². The fourth-order valence-corrected chi connectivity index (χ4v) is 3.47. The van der Waals surface area contributed by atoms with Crippen LogP contribution in [-0.2, 0) is 4.74 Å². The molecule has 1 heterocycles. The van der Waals surface area contributed by atoms with E-state index in [9.17, 15) is 15.3 Å². The van der Waals surface area contributed by atoms with E-state index in [0.29, 0.717) is 0 Å². The van der Waals surface area contributed by atoms with Crippen molar-refractivity contribution in [1.82, 2.24) is 0 Å². The number of unbranched alkanes of at least 4 members (excludes halogenated alkanes) is 5. The first kappa shape index (κ1) is 18.2. The van der Waals surface area contributed by atoms with E-state index in [1.165, 1.54) is 37.4 Å². The van der Waals surface area contributed by atoms with Gasteiger partial charge in [0.05, 0.1) is 6.61 Å². The van der Waals surface area contributed by atoms with Gasteiger partial charge in [0.1, 0.15) is 29.9 Å². The van der Waals surface area contributed by atoms with Crippen LogP contribution < -0.4 is 0 Å². The van der Waals surface area contributed by atoms with Crippen LogP contribution >= 0.6 is 11.8 Å². The average molecular weight is 308 g/mol. The van der Waals surface area contributed by atoms with E-state index in [-0.39, 0.29) is 6.61 Å². The standard InChI is InChI=1S/C14H28O5S/c1-2-3-4-5-6-7-8-20-14-13(18)12(17)11(16)10(9-15)19-14/h10-18H,2-9H2,1H3/t10-,11+,12+,13-,14+/m1/s1. The molecule has 0 aromatic heterocycles. The van der Waals surface area contributed by atoms with Crippen molar-refractivity contribution in [3.63, 3.8) is 0 Å². The van der Waals surface area contributed by atoms with Crippen LogP contribution in [0.2, 0.25) is 0 Å². The first-order valence-corrected chi connectivity index (χ1v) is 8.58. The van der Waals surface area contributed by atoms with Gasteiger partial charge in [-0.25, -0.2) is 0 Å². The van der Waals surface area contributed by atoms with E-state index in [1.807, 2.05) is 0 Å². The van der Waals surface area contributed by atoms with Gasteiger partial charge < -0.3 is 25.2 Å². The molecule has 0 unspecified atom stereocenters. The molecule has 20 heavy (non-hydrogen) atoms. The summed E-state index contributed by atoms with van der Waals surface area (Å²) in [4.78, 5) is 0. The number of aliphatic hydroxyl groups is 4. The van der Waals surface area contributed by atoms with E-state index in [2.05, 4.69) is 6.92 Å². The molecule has 4 N–H and O–H groups in total. The Hall–Kier alpha value is 0.150. The van der Waals surface area contributed by atoms with Crippen molar-refractivity contribution in [2.45, 2.75) is 75.3 Å². The van der Waals surface area contributed by atoms with Crippen molar-refractivity contribution >= 4 is 11.8 Å². The Morgan fingerprint density at radius 1 is 0.900 bits per heavy atom. The van der Waals surface area contributed by atoms with E-state index in [4.69, 9.17) is 9.84 Å². The summed E-state index contributed by atoms with van der Waals surface area (Å²) >= 11 is 1.44. The molecule has 1 rings (SSSR count). The summed E-state index contributed by atoms with van der Waals surface area (Å²) in [7, 11) is 0. The van der Waals surface area contributed by atoms with E-state index >= 15 is 0 Å². The van der Waals surface area contributed by atoms with Crippen molar-refractivity contribution in [3.05, 3.63) is 0 Å². The van der Waals surface area contributed by atoms with Gasteiger partial charge in [-0.2, -0.15) is 0 Å². The average Bonchev–Trinajstić information content (AvgIpc) is 2.46. The van der Waals surface area contributed by atoms with E-state index in [1.54, 1.807) is 0 Å². The molecular weight excluding hydrogens is 280 g/mol. The molecule has 0 amide bonds. The summed E-state index contributed by atoms with van der Waals surface area (Å²) in [5.74, 6) is 0.842. The van der Waals surface area contributed by atoms with Gasteiger partial charge in [-0.1, -0.05) is 39.0 Å². The molecule has 0 saturated carbocycles. The number of rotatable bonds is 9. The van der Waals surface area contributed by atoms with Crippen LogP contribution in [-0.4, -0.2) is 62.6 Å². The Labute approximate surface area is 125 Å². The second kappa shape index (κ2) is 9.97. The van der Waals surface area contributed by atoms with Gasteiger partial charge >= 0.3 is 0 Å². The zero-order valence-electron chi connectivity index (χ0n) is 12.1. The zero-order valence-corrected chi connectivity index (χ0v) is 13.0. The van der Waals surface area contributed by atoms with Crippen LogP contribution in [0.25, 0.3) is 0 Å². The lowest BCUT2D eigenvalue weighted by Gasteiger charge is -2.39. The molecule has 0 radical (unpaired) electrons. The minimum absolute atomic E-state index is 0.362. The quantitative estimate of drug-likeness (QED) is 0.473. The lowest BCUT2D eigenvalue weighted by Crippen LogP contribution is -2.57. The van der Waals surface area contributed by atoms with E-state index < -0.39 is 29.9 Å². The minimum Gasteiger partial charge on any atom is -0.394 e. The highest BCUT2D eigenvalue weighted by atomic mass is 32.2. The predicted octanol–water partition coefficient (Wildman–Crippen LogP) is 0.880. The van der Waals surface area contributed by atoms with Crippen molar-refractivity contribution in [3.8, 4) is 0 Å². The monoisotopic (exact) mass is 308 g/mol. The summed E-state index contributed by atoms with van der Waals surface area (Å²) < 4.78 is 5.43. The van der Waals surface area contributed by atoms with Crippen LogP contribution in [0.15, 0.2) is 0 Å². The summed E-state index contributed by atoms with van der Waals surface area (Å²) in [6, 6.07) is 0. The topological polar surface area (TPSA) is 90.2 Å². The molecule has 0 aliphatic carbocycles. The fourth-order valence-electron chi connectivity index (χ4n) is 2.29. The Bertz CT molecular complexity index is 252. The van der Waals surface area contributed by atoms with Crippen LogP contribution in [0, 0.1) is 0 Å². The minimum atomic E-state index is -1.26. The molecule has 0 bridgehead atoms. The Balaban J connectivity index is 2.21. The lowest BCUT2D eigenvalue weighted by atomic mass is 10.0. The summed E-state index contributed by atoms with van der Waals surface area (Å²) in [6.45, 7) is 1.83. The van der Waals surface area contributed by atoms with Crippen molar-refractivity contribution in [1.29, 1.82) is 0 Å². The van der Waals surface area contributed by atoms with Gasteiger partial charge in [0.15, 0.2) is 0 Å². The molecule has 120 valence electrons. The molecule has 5 atom stereocenters. The molecule has 1 fully saturated rings. The highest BCUT2D eigenvalue weighted by Crippen LogP contribution is 2.29. The predicted molar refractivity (Wildman–Crippen MR) is 79.6 cm³/mol. The second-order valence-electron chi connectivity index (χ2n) is 5.34. The van der Waals surface area contributed by atoms with Gasteiger partial charge in [-0.05, 0) is 12.2 Å². The summed E-state index contributed by atoms with van der Waals surface area (Å²) in [6.07, 6.45) is 2.77. The number of thioether (sulfide) groups is 1. The highest BCUT2D eigenvalue weighted by molar-refractivity contribution is 7.99. The third-order valence-electron chi connectivity index (χ3n) is 3.63. The maximum absolute atomic E-state index is 9.86. The SMILES string of the molecule is CCCCCCCCS[C@@H]1O[C@H](CO)[C@H](O)[C@H](O)[C@H]1O. The first-order chi connectivity index (χ1) is 9.61. The third kappa shape index (κ3) is 5.50. The Morgan fingerprint density at radius 3 is 2.20 bits per heavy atom. The third-order valence-corrected chi connectivity index (χ3v) is 4.87. The summed E-state index contributed by atoms with van der Waals surface area (Å²) in [5.41, 5.74) is -0.582. The molecule has 0 aromatic rings. The Morgan fingerprint density at radius 2 is 1.55 bits per heavy atom. The van der Waals surface area contributed by atoms with E-state index in [0.717, 1.165) is 18.6 Å². The van der Waals surface area contributed by atoms with Gasteiger partial charge in [0.2, 0.25) is 0 Å². The fraction of sp³-hybridized carbons (Fsp3) is 1.00. The lowest BCUT2D eigenvalue weighted by molar-refractivity contribution is -0.205. The molecule has 6 heteroatoms. The van der Waals surface area contributed by atoms with Crippen LogP contribution in [0.5, 0.6) is 0 Å². The highest BCUT2D eigenvalue weighted by Gasteiger charge is 2.43. The largest absolute Gasteiger partial charge is 0.394 e. The van der Waals surface area contributed by atoms with Crippen LogP contribution in [0.1, 0.15) is 45.4 Å². The molecule has 1 aliphatic rings. The van der Waals surface area contributed by atoms with Crippen LogP contribution in [0.4, 0.5) is 0 Å². The second-order valence-corrected chi connectivity index (χ2v) is 6.54. The molecule has 1 aliphatic heterocycles. The molecule has 0 aromatic carbocycles. The number of hydrogen-bond donors (Lipinski definition) is 4. The van der Waals surface area contributed by atoms with Gasteiger partial charge in [0.25, 0.3) is 0 Å². The van der Waals surface area contributed by atoms with Crippen molar-refractivity contribution in [2.75, 3.05) is 12.4 Å². The Kier molecular flexibility index (Phi) is 9.08. The maximum atomic E-state index is 9.86. The summed E-state index contributed by atoms with van der Waals surface area (Å²) in [5, 5.41) is 38.3. The molecular formula is C14H28O5S. The molecule has 1 saturated heterocycles. The first-order valence-electron chi connectivity index (χ1n) is 7.54. The maximum Gasteiger partial charge on any atom is 0.132 e. The van der Waals surface area contributed by atoms with Gasteiger partial charge in [0, 0.05) is 0 Å². The normalized spacial score (nSPS) is 34.4.